The zero-order valence-electron chi connectivity index (χ0n) is 12.1. The minimum Gasteiger partial charge on any atom is -0.425 e. The van der Waals surface area contributed by atoms with Gasteiger partial charge in [0, 0.05) is 18.4 Å². The molecule has 2 aliphatic rings. The number of Topliss-reactive ketones (excluding diaryl/α,β-unsaturated/α-hetero) is 1. The Bertz CT molecular complexity index is 750. The van der Waals surface area contributed by atoms with E-state index in [1.165, 1.54) is 0 Å². The molecule has 0 amide bonds. The molecule has 2 aromatic carbocycles. The minimum absolute atomic E-state index is 0.0291. The normalized spacial score (nSPS) is 26.8. The molecule has 2 unspecified atom stereocenters. The molecular weight excluding hydrogens is 276 g/mol. The quantitative estimate of drug-likeness (QED) is 0.630. The molecule has 4 rings (SSSR count). The lowest BCUT2D eigenvalue weighted by Crippen LogP contribution is -2.41. The molecule has 0 saturated heterocycles. The summed E-state index contributed by atoms with van der Waals surface area (Å²) in [4.78, 5) is 24.8. The molecule has 1 fully saturated rings. The van der Waals surface area contributed by atoms with Gasteiger partial charge in [0.2, 0.25) is 0 Å². The summed E-state index contributed by atoms with van der Waals surface area (Å²) in [5, 5.41) is 0. The number of rotatable bonds is 2. The molecule has 22 heavy (non-hydrogen) atoms. The number of ketones is 1. The first kappa shape index (κ1) is 13.3. The molecule has 2 atom stereocenters. The van der Waals surface area contributed by atoms with Crippen LogP contribution in [0.25, 0.3) is 0 Å². The highest BCUT2D eigenvalue weighted by Crippen LogP contribution is 2.52. The van der Waals surface area contributed by atoms with E-state index >= 15 is 0 Å². The molecule has 2 aromatic rings. The maximum Gasteiger partial charge on any atom is 0.326 e. The number of para-hydroxylation sites is 1. The second-order valence-corrected chi connectivity index (χ2v) is 6.04. The second-order valence-electron chi connectivity index (χ2n) is 6.04. The van der Waals surface area contributed by atoms with Gasteiger partial charge >= 0.3 is 5.97 Å². The largest absolute Gasteiger partial charge is 0.425 e. The number of ether oxygens (including phenoxy) is 1. The van der Waals surface area contributed by atoms with Crippen LogP contribution in [0.2, 0.25) is 0 Å². The molecule has 0 N–H and O–H groups in total. The van der Waals surface area contributed by atoms with E-state index in [0.717, 1.165) is 17.5 Å². The lowest BCUT2D eigenvalue weighted by atomic mass is 9.66. The lowest BCUT2D eigenvalue weighted by molar-refractivity contribution is -0.138. The summed E-state index contributed by atoms with van der Waals surface area (Å²) in [6.45, 7) is 0. The van der Waals surface area contributed by atoms with E-state index in [1.54, 1.807) is 0 Å². The molecule has 3 nitrogen and oxygen atoms in total. The van der Waals surface area contributed by atoms with E-state index in [0.29, 0.717) is 18.6 Å². The summed E-state index contributed by atoms with van der Waals surface area (Å²) in [7, 11) is 0. The Balaban J connectivity index is 1.98. The van der Waals surface area contributed by atoms with E-state index < -0.39 is 5.41 Å². The number of benzene rings is 2. The standard InChI is InChI=1S/C19H16O3/c20-15-11-10-14(12-15)19(13-6-2-1-3-7-13)16-8-4-5-9-17(16)22-18(19)21/h1-9,14H,10-12H2. The summed E-state index contributed by atoms with van der Waals surface area (Å²) in [6.07, 6.45) is 1.73. The maximum absolute atomic E-state index is 12.9. The van der Waals surface area contributed by atoms with E-state index in [1.807, 2.05) is 54.6 Å². The van der Waals surface area contributed by atoms with Gasteiger partial charge in [-0.05, 0) is 24.0 Å². The topological polar surface area (TPSA) is 43.4 Å². The third-order valence-corrected chi connectivity index (χ3v) is 4.92. The molecule has 0 radical (unpaired) electrons. The highest BCUT2D eigenvalue weighted by molar-refractivity contribution is 5.96. The molecule has 0 aromatic heterocycles. The van der Waals surface area contributed by atoms with Crippen LogP contribution >= 0.6 is 0 Å². The van der Waals surface area contributed by atoms with Gasteiger partial charge in [-0.3, -0.25) is 9.59 Å². The Kier molecular flexibility index (Phi) is 2.89. The van der Waals surface area contributed by atoms with Gasteiger partial charge in [-0.1, -0.05) is 48.5 Å². The Hall–Kier alpha value is -2.42. The van der Waals surface area contributed by atoms with Crippen molar-refractivity contribution in [3.8, 4) is 5.75 Å². The number of hydrogen-bond acceptors (Lipinski definition) is 3. The Morgan fingerprint density at radius 1 is 0.955 bits per heavy atom. The summed E-state index contributed by atoms with van der Waals surface area (Å²) >= 11 is 0. The predicted octanol–water partition coefficient (Wildman–Crippen LogP) is 3.26. The first-order chi connectivity index (χ1) is 10.7. The van der Waals surface area contributed by atoms with Gasteiger partial charge in [-0.25, -0.2) is 0 Å². The van der Waals surface area contributed by atoms with Gasteiger partial charge in [0.15, 0.2) is 0 Å². The third kappa shape index (κ3) is 1.68. The highest BCUT2D eigenvalue weighted by atomic mass is 16.5. The van der Waals surface area contributed by atoms with Crippen LogP contribution in [0, 0.1) is 5.92 Å². The van der Waals surface area contributed by atoms with Crippen LogP contribution in [0.1, 0.15) is 30.4 Å². The van der Waals surface area contributed by atoms with Crippen molar-refractivity contribution >= 4 is 11.8 Å². The number of carbonyl (C=O) groups is 2. The van der Waals surface area contributed by atoms with E-state index in [2.05, 4.69) is 0 Å². The first-order valence-corrected chi connectivity index (χ1v) is 7.62. The van der Waals surface area contributed by atoms with Crippen LogP contribution in [0.4, 0.5) is 0 Å². The van der Waals surface area contributed by atoms with Gasteiger partial charge in [-0.2, -0.15) is 0 Å². The van der Waals surface area contributed by atoms with Gasteiger partial charge in [0.1, 0.15) is 16.9 Å². The average molecular weight is 292 g/mol. The molecule has 3 heteroatoms. The van der Waals surface area contributed by atoms with Crippen molar-refractivity contribution < 1.29 is 14.3 Å². The smallest absolute Gasteiger partial charge is 0.326 e. The molecule has 0 bridgehead atoms. The van der Waals surface area contributed by atoms with Gasteiger partial charge in [0.25, 0.3) is 0 Å². The van der Waals surface area contributed by atoms with Gasteiger partial charge in [-0.15, -0.1) is 0 Å². The summed E-state index contributed by atoms with van der Waals surface area (Å²) in [5.41, 5.74) is 0.972. The molecule has 1 saturated carbocycles. The molecule has 0 spiro atoms. The number of carbonyl (C=O) groups excluding carboxylic acids is 2. The van der Waals surface area contributed by atoms with Crippen molar-refractivity contribution in [3.63, 3.8) is 0 Å². The van der Waals surface area contributed by atoms with Crippen LogP contribution < -0.4 is 4.74 Å². The molecule has 1 heterocycles. The number of hydrogen-bond donors (Lipinski definition) is 0. The van der Waals surface area contributed by atoms with Crippen molar-refractivity contribution in [1.82, 2.24) is 0 Å². The fourth-order valence-electron chi connectivity index (χ4n) is 3.95. The molecule has 1 aliphatic heterocycles. The fraction of sp³-hybridized carbons (Fsp3) is 0.263. The second kappa shape index (κ2) is 4.80. The van der Waals surface area contributed by atoms with Crippen molar-refractivity contribution in [1.29, 1.82) is 0 Å². The van der Waals surface area contributed by atoms with Crippen molar-refractivity contribution in [2.75, 3.05) is 0 Å². The van der Waals surface area contributed by atoms with Gasteiger partial charge < -0.3 is 4.74 Å². The number of esters is 1. The minimum atomic E-state index is -0.843. The molecule has 110 valence electrons. The van der Waals surface area contributed by atoms with Gasteiger partial charge in [0.05, 0.1) is 0 Å². The molecule has 1 aliphatic carbocycles. The van der Waals surface area contributed by atoms with E-state index in [9.17, 15) is 9.59 Å². The Labute approximate surface area is 128 Å². The van der Waals surface area contributed by atoms with E-state index in [-0.39, 0.29) is 17.7 Å². The predicted molar refractivity (Wildman–Crippen MR) is 81.6 cm³/mol. The zero-order valence-corrected chi connectivity index (χ0v) is 12.1. The van der Waals surface area contributed by atoms with Crippen LogP contribution in [0.5, 0.6) is 5.75 Å². The van der Waals surface area contributed by atoms with E-state index in [4.69, 9.17) is 4.74 Å². The first-order valence-electron chi connectivity index (χ1n) is 7.62. The maximum atomic E-state index is 12.9. The fourth-order valence-corrected chi connectivity index (χ4v) is 3.95. The van der Waals surface area contributed by atoms with Crippen LogP contribution in [-0.2, 0) is 15.0 Å². The van der Waals surface area contributed by atoms with Crippen molar-refractivity contribution in [2.24, 2.45) is 5.92 Å². The average Bonchev–Trinajstić information content (AvgIpc) is 3.09. The van der Waals surface area contributed by atoms with Crippen LogP contribution in [-0.4, -0.2) is 11.8 Å². The SMILES string of the molecule is O=C1CCC(C2(c3ccccc3)C(=O)Oc3ccccc32)C1. The van der Waals surface area contributed by atoms with Crippen LogP contribution in [0.15, 0.2) is 54.6 Å². The summed E-state index contributed by atoms with van der Waals surface area (Å²) in [6, 6.07) is 17.3. The zero-order chi connectivity index (χ0) is 15.2. The summed E-state index contributed by atoms with van der Waals surface area (Å²) < 4.78 is 5.57. The Morgan fingerprint density at radius 3 is 2.41 bits per heavy atom. The highest BCUT2D eigenvalue weighted by Gasteiger charge is 2.56. The van der Waals surface area contributed by atoms with Crippen molar-refractivity contribution in [3.05, 3.63) is 65.7 Å². The lowest BCUT2D eigenvalue weighted by Gasteiger charge is -2.32. The third-order valence-electron chi connectivity index (χ3n) is 4.92. The monoisotopic (exact) mass is 292 g/mol. The van der Waals surface area contributed by atoms with Crippen molar-refractivity contribution in [2.45, 2.75) is 24.7 Å². The van der Waals surface area contributed by atoms with Crippen LogP contribution in [0.3, 0.4) is 0 Å². The number of fused-ring (bicyclic) bond motifs is 1. The molecular formula is C19H16O3. The Morgan fingerprint density at radius 2 is 1.68 bits per heavy atom. The summed E-state index contributed by atoms with van der Waals surface area (Å²) in [5.74, 6) is 0.575.